The lowest BCUT2D eigenvalue weighted by molar-refractivity contribution is -0.131. The molecule has 2 bridgehead atoms. The number of rotatable bonds is 3. The molecule has 2 aliphatic rings. The van der Waals surface area contributed by atoms with E-state index in [0.717, 1.165) is 17.7 Å². The average Bonchev–Trinajstić information content (AvgIpc) is 2.73. The minimum atomic E-state index is -0.198. The highest BCUT2D eigenvalue weighted by Crippen LogP contribution is 2.38. The fourth-order valence-electron chi connectivity index (χ4n) is 4.59. The number of carbonyl (C=O) groups is 2. The molecule has 2 aliphatic heterocycles. The lowest BCUT2D eigenvalue weighted by Crippen LogP contribution is -2.48. The van der Waals surface area contributed by atoms with Crippen LogP contribution in [-0.4, -0.2) is 48.5 Å². The van der Waals surface area contributed by atoms with Crippen molar-refractivity contribution in [3.8, 4) is 16.9 Å². The van der Waals surface area contributed by atoms with E-state index >= 15 is 0 Å². The first-order valence-electron chi connectivity index (χ1n) is 9.82. The Balaban J connectivity index is 1.82. The van der Waals surface area contributed by atoms with E-state index in [1.54, 1.807) is 45.3 Å². The third-order valence-electron chi connectivity index (χ3n) is 6.00. The highest BCUT2D eigenvalue weighted by Gasteiger charge is 2.35. The van der Waals surface area contributed by atoms with Gasteiger partial charge in [0.2, 0.25) is 5.91 Å². The number of nitrogens with one attached hydrogen (secondary N) is 1. The zero-order chi connectivity index (χ0) is 20.7. The van der Waals surface area contributed by atoms with Gasteiger partial charge in [-0.15, -0.1) is 0 Å². The second-order valence-corrected chi connectivity index (χ2v) is 7.83. The fourth-order valence-corrected chi connectivity index (χ4v) is 4.59. The quantitative estimate of drug-likeness (QED) is 0.860. The van der Waals surface area contributed by atoms with Gasteiger partial charge in [-0.25, -0.2) is 0 Å². The number of aromatic nitrogens is 1. The molecule has 7 nitrogen and oxygen atoms in total. The normalized spacial score (nSPS) is 20.0. The molecule has 7 heteroatoms. The number of benzene rings is 1. The molecule has 1 aromatic carbocycles. The van der Waals surface area contributed by atoms with Crippen molar-refractivity contribution in [3.63, 3.8) is 0 Å². The Morgan fingerprint density at radius 3 is 2.62 bits per heavy atom. The number of likely N-dealkylation sites (tertiary alicyclic amines) is 1. The predicted molar refractivity (Wildman–Crippen MR) is 109 cm³/mol. The van der Waals surface area contributed by atoms with E-state index in [9.17, 15) is 14.4 Å². The third-order valence-corrected chi connectivity index (χ3v) is 6.00. The molecule has 1 fully saturated rings. The summed E-state index contributed by atoms with van der Waals surface area (Å²) in [7, 11) is 3.15. The average molecular weight is 395 g/mol. The molecule has 2 amide bonds. The van der Waals surface area contributed by atoms with Crippen molar-refractivity contribution in [3.05, 3.63) is 51.9 Å². The summed E-state index contributed by atoms with van der Waals surface area (Å²) >= 11 is 0. The molecular formula is C22H25N3O4. The second kappa shape index (κ2) is 7.39. The zero-order valence-corrected chi connectivity index (χ0v) is 16.9. The van der Waals surface area contributed by atoms with Gasteiger partial charge < -0.3 is 19.5 Å². The third kappa shape index (κ3) is 3.41. The van der Waals surface area contributed by atoms with Crippen LogP contribution in [0.4, 0.5) is 0 Å². The summed E-state index contributed by atoms with van der Waals surface area (Å²) in [6.45, 7) is 3.56. The minimum absolute atomic E-state index is 0.0594. The molecule has 2 aromatic rings. The number of carbonyl (C=O) groups excluding carboxylic acids is 2. The van der Waals surface area contributed by atoms with Crippen LogP contribution in [0, 0.1) is 5.92 Å². The number of nitrogens with zero attached hydrogens (tertiary/aromatic N) is 2. The summed E-state index contributed by atoms with van der Waals surface area (Å²) < 4.78 is 7.33. The standard InChI is InChI=1S/C22H25N3O4/c1-13(26)24-10-14-6-17(12-24)19-8-16(9-21(27)25(19)11-14)18-7-15(22(28)23-2)4-5-20(18)29-3/h4-5,7-9,14,17H,6,10-12H2,1-3H3,(H,23,28)/t14-,17+/m0/s1. The fraction of sp³-hybridized carbons (Fsp3) is 0.409. The van der Waals surface area contributed by atoms with E-state index in [4.69, 9.17) is 4.74 Å². The van der Waals surface area contributed by atoms with Crippen molar-refractivity contribution in [2.75, 3.05) is 27.2 Å². The Labute approximate surface area is 169 Å². The molecule has 2 atom stereocenters. The molecular weight excluding hydrogens is 370 g/mol. The summed E-state index contributed by atoms with van der Waals surface area (Å²) in [4.78, 5) is 38.8. The first-order valence-corrected chi connectivity index (χ1v) is 9.82. The van der Waals surface area contributed by atoms with Crippen LogP contribution in [0.25, 0.3) is 11.1 Å². The van der Waals surface area contributed by atoms with E-state index in [-0.39, 0.29) is 23.3 Å². The monoisotopic (exact) mass is 395 g/mol. The van der Waals surface area contributed by atoms with E-state index in [0.29, 0.717) is 42.4 Å². The maximum Gasteiger partial charge on any atom is 0.251 e. The van der Waals surface area contributed by atoms with Crippen LogP contribution in [0.5, 0.6) is 5.75 Å². The number of amides is 2. The zero-order valence-electron chi connectivity index (χ0n) is 16.9. The summed E-state index contributed by atoms with van der Waals surface area (Å²) in [6, 6.07) is 8.81. The van der Waals surface area contributed by atoms with Gasteiger partial charge in [0.25, 0.3) is 11.5 Å². The topological polar surface area (TPSA) is 80.6 Å². The summed E-state index contributed by atoms with van der Waals surface area (Å²) in [5, 5.41) is 2.62. The number of fused-ring (bicyclic) bond motifs is 4. The van der Waals surface area contributed by atoms with E-state index in [1.807, 2.05) is 15.5 Å². The van der Waals surface area contributed by atoms with E-state index < -0.39 is 0 Å². The maximum absolute atomic E-state index is 12.9. The smallest absolute Gasteiger partial charge is 0.251 e. The van der Waals surface area contributed by atoms with Crippen LogP contribution >= 0.6 is 0 Å². The van der Waals surface area contributed by atoms with Crippen molar-refractivity contribution in [2.45, 2.75) is 25.8 Å². The Morgan fingerprint density at radius 1 is 1.14 bits per heavy atom. The molecule has 1 saturated heterocycles. The van der Waals surface area contributed by atoms with Gasteiger partial charge in [0.15, 0.2) is 0 Å². The minimum Gasteiger partial charge on any atom is -0.496 e. The van der Waals surface area contributed by atoms with Crippen molar-refractivity contribution < 1.29 is 14.3 Å². The Bertz CT molecular complexity index is 1040. The maximum atomic E-state index is 12.9. The van der Waals surface area contributed by atoms with Gasteiger partial charge in [0.05, 0.1) is 7.11 Å². The van der Waals surface area contributed by atoms with Crippen LogP contribution in [0.1, 0.15) is 35.3 Å². The molecule has 0 aliphatic carbocycles. The molecule has 1 aromatic heterocycles. The van der Waals surface area contributed by atoms with Crippen LogP contribution in [-0.2, 0) is 11.3 Å². The van der Waals surface area contributed by atoms with Gasteiger partial charge in [0.1, 0.15) is 5.75 Å². The molecule has 0 unspecified atom stereocenters. The number of pyridine rings is 1. The molecule has 1 N–H and O–H groups in total. The van der Waals surface area contributed by atoms with Crippen LogP contribution < -0.4 is 15.6 Å². The predicted octanol–water partition coefficient (Wildman–Crippen LogP) is 1.85. The highest BCUT2D eigenvalue weighted by atomic mass is 16.5. The molecule has 152 valence electrons. The second-order valence-electron chi connectivity index (χ2n) is 7.83. The number of hydrogen-bond acceptors (Lipinski definition) is 4. The molecule has 4 rings (SSSR count). The van der Waals surface area contributed by atoms with Gasteiger partial charge in [-0.3, -0.25) is 14.4 Å². The lowest BCUT2D eigenvalue weighted by Gasteiger charge is -2.42. The van der Waals surface area contributed by atoms with Gasteiger partial charge in [-0.2, -0.15) is 0 Å². The number of ether oxygens (including phenoxy) is 1. The van der Waals surface area contributed by atoms with Gasteiger partial charge in [-0.1, -0.05) is 0 Å². The summed E-state index contributed by atoms with van der Waals surface area (Å²) in [5.74, 6) is 0.916. The molecule has 3 heterocycles. The molecule has 0 saturated carbocycles. The van der Waals surface area contributed by atoms with Crippen LogP contribution in [0.2, 0.25) is 0 Å². The Kier molecular flexibility index (Phi) is 4.90. The number of methoxy groups -OCH3 is 1. The summed E-state index contributed by atoms with van der Waals surface area (Å²) in [6.07, 6.45) is 0.974. The van der Waals surface area contributed by atoms with Crippen LogP contribution in [0.3, 0.4) is 0 Å². The molecule has 0 radical (unpaired) electrons. The lowest BCUT2D eigenvalue weighted by atomic mass is 9.82. The number of piperidine rings is 1. The summed E-state index contributed by atoms with van der Waals surface area (Å²) in [5.41, 5.74) is 2.82. The van der Waals surface area contributed by atoms with Crippen LogP contribution in [0.15, 0.2) is 35.1 Å². The van der Waals surface area contributed by atoms with Crippen molar-refractivity contribution in [1.82, 2.24) is 14.8 Å². The SMILES string of the molecule is CNC(=O)c1ccc(OC)c(-c2cc3n(c(=O)c2)C[C@H]2C[C@@H]3CN(C(C)=O)C2)c1. The van der Waals surface area contributed by atoms with Crippen molar-refractivity contribution >= 4 is 11.8 Å². The van der Waals surface area contributed by atoms with E-state index in [1.165, 1.54) is 0 Å². The van der Waals surface area contributed by atoms with Crippen molar-refractivity contribution in [2.24, 2.45) is 5.92 Å². The van der Waals surface area contributed by atoms with Gasteiger partial charge >= 0.3 is 0 Å². The molecule has 0 spiro atoms. The largest absolute Gasteiger partial charge is 0.496 e. The Morgan fingerprint density at radius 2 is 1.93 bits per heavy atom. The number of hydrogen-bond donors (Lipinski definition) is 1. The van der Waals surface area contributed by atoms with E-state index in [2.05, 4.69) is 5.32 Å². The highest BCUT2D eigenvalue weighted by molar-refractivity contribution is 5.96. The first kappa shape index (κ1) is 19.2. The molecule has 29 heavy (non-hydrogen) atoms. The van der Waals surface area contributed by atoms with Crippen molar-refractivity contribution in [1.29, 1.82) is 0 Å². The Hall–Kier alpha value is -3.09. The first-order chi connectivity index (χ1) is 13.9. The van der Waals surface area contributed by atoms with Gasteiger partial charge in [0, 0.05) is 62.4 Å². The van der Waals surface area contributed by atoms with Gasteiger partial charge in [-0.05, 0) is 42.2 Å².